The highest BCUT2D eigenvalue weighted by molar-refractivity contribution is 7.98. The van der Waals surface area contributed by atoms with Crippen molar-refractivity contribution < 1.29 is 17.9 Å². The van der Waals surface area contributed by atoms with Crippen LogP contribution < -0.4 is 10.1 Å². The molecule has 1 N–H and O–H groups in total. The average molecular weight is 2030 g/mol. The highest BCUT2D eigenvalue weighted by Crippen LogP contribution is 2.49. The molecular weight excluding hydrogens is 1860 g/mol. The van der Waals surface area contributed by atoms with E-state index in [4.69, 9.17) is 9.47 Å². The predicted octanol–water partition coefficient (Wildman–Crippen LogP) is 38.2. The molecule has 5 nitrogen and oxygen atoms in total. The lowest BCUT2D eigenvalue weighted by atomic mass is 9.76. The van der Waals surface area contributed by atoms with Crippen LogP contribution in [0.5, 0.6) is 5.75 Å². The van der Waals surface area contributed by atoms with Crippen molar-refractivity contribution in [2.75, 3.05) is 5.32 Å². The minimum Gasteiger partial charge on any atom is -0.489 e. The van der Waals surface area contributed by atoms with Crippen LogP contribution in [0.25, 0.3) is 0 Å². The second-order valence-electron chi connectivity index (χ2n) is 43.3. The van der Waals surface area contributed by atoms with Crippen molar-refractivity contribution in [1.82, 2.24) is 0 Å². The van der Waals surface area contributed by atoms with E-state index in [1.807, 2.05) is 81.9 Å². The quantitative estimate of drug-likeness (QED) is 0.147. The molecule has 0 saturated carbocycles. The summed E-state index contributed by atoms with van der Waals surface area (Å²) in [5, 5.41) is 3.57. The first-order valence-electron chi connectivity index (χ1n) is 56.0. The summed E-state index contributed by atoms with van der Waals surface area (Å²) in [6.45, 7) is 47.7. The first kappa shape index (κ1) is 113. The van der Waals surface area contributed by atoms with E-state index >= 15 is 0 Å². The third-order valence-electron chi connectivity index (χ3n) is 30.6. The topological polar surface area (TPSA) is 64.6 Å². The van der Waals surface area contributed by atoms with Crippen LogP contribution in [0.4, 0.5) is 5.69 Å². The summed E-state index contributed by atoms with van der Waals surface area (Å²) in [5.41, 5.74) is 37.9. The number of aryl methyl sites for hydroxylation is 4. The molecule has 0 spiro atoms. The van der Waals surface area contributed by atoms with E-state index in [0.717, 1.165) is 34.7 Å². The number of fused-ring (bicyclic) bond motifs is 14. The van der Waals surface area contributed by atoms with Crippen LogP contribution in [-0.2, 0) is 78.1 Å². The second kappa shape index (κ2) is 55.4. The molecule has 0 saturated heterocycles. The number of anilines is 1. The Bertz CT molecular complexity index is 6200. The van der Waals surface area contributed by atoms with Crippen molar-refractivity contribution in [2.24, 2.45) is 47.3 Å². The van der Waals surface area contributed by atoms with Crippen molar-refractivity contribution >= 4 is 27.3 Å². The lowest BCUT2D eigenvalue weighted by Crippen LogP contribution is -2.16. The zero-order chi connectivity index (χ0) is 106. The molecule has 150 heavy (non-hydrogen) atoms. The van der Waals surface area contributed by atoms with Crippen molar-refractivity contribution in [1.29, 1.82) is 0 Å². The highest BCUT2D eigenvalue weighted by atomic mass is 32.2. The van der Waals surface area contributed by atoms with Crippen LogP contribution in [0.3, 0.4) is 0 Å². The molecule has 778 valence electrons. The van der Waals surface area contributed by atoms with Crippen molar-refractivity contribution in [3.05, 3.63) is 545 Å². The van der Waals surface area contributed by atoms with E-state index in [-0.39, 0.29) is 11.7 Å². The number of thioether (sulfide) groups is 1. The summed E-state index contributed by atoms with van der Waals surface area (Å²) >= 11 is 1.97. The molecule has 0 aromatic heterocycles. The lowest BCUT2D eigenvalue weighted by Gasteiger charge is -2.29. The lowest BCUT2D eigenvalue weighted by molar-refractivity contribution is 0.103. The molecule has 5 aliphatic heterocycles. The van der Waals surface area contributed by atoms with Gasteiger partial charge in [0.15, 0.2) is 9.84 Å². The Morgan fingerprint density at radius 1 is 0.253 bits per heavy atom. The molecule has 0 radical (unpaired) electrons. The molecular formula is C143H165NO4S2. The summed E-state index contributed by atoms with van der Waals surface area (Å²) in [5.74, 6) is 10.5. The van der Waals surface area contributed by atoms with Crippen molar-refractivity contribution in [2.45, 2.75) is 266 Å². The SMILES string of the molecule is CC.CC.CC(C)C(c1ccccc1)c1ccccc1.CC(C)C1c2ccccc2CCCc2ccccc21.CC(C)C1c2ccccc2CCc2ccccc21.CC(C)C1c2ccccc2CNc2ccccc21.CC(C)C1c2ccccc2COCc2ccccc21.CC(C)C1c2ccccc2COc2ccccc21.CC(C)C1c2ccccc2CS(=O)(=O)c2ccccc21.CC(C)C1c2ccccc2CSc2ccccc21. The Balaban J connectivity index is 0.000000134. The fourth-order valence-corrected chi connectivity index (χ4v) is 26.8. The van der Waals surface area contributed by atoms with E-state index in [2.05, 4.69) is 468 Å². The van der Waals surface area contributed by atoms with Crippen LogP contribution >= 0.6 is 11.8 Å². The number of nitrogens with one attached hydrogen (secondary N) is 1. The van der Waals surface area contributed by atoms with Gasteiger partial charge in [0.05, 0.1) is 23.9 Å². The van der Waals surface area contributed by atoms with Gasteiger partial charge in [-0.25, -0.2) is 8.42 Å². The van der Waals surface area contributed by atoms with Gasteiger partial charge >= 0.3 is 0 Å². The highest BCUT2D eigenvalue weighted by Gasteiger charge is 2.36. The number of rotatable bonds is 10. The zero-order valence-corrected chi connectivity index (χ0v) is 94.7. The number of ether oxygens (including phenoxy) is 2. The average Bonchev–Trinajstić information content (AvgIpc) is 1.60. The van der Waals surface area contributed by atoms with Crippen molar-refractivity contribution in [3.8, 4) is 5.75 Å². The maximum atomic E-state index is 12.6. The summed E-state index contributed by atoms with van der Waals surface area (Å²) < 4.78 is 37.1. The summed E-state index contributed by atoms with van der Waals surface area (Å²) in [7, 11) is -3.26. The maximum Gasteiger partial charge on any atom is 0.182 e. The molecule has 2 aliphatic carbocycles. The van der Waals surface area contributed by atoms with Gasteiger partial charge in [-0.05, 0) is 243 Å². The summed E-state index contributed by atoms with van der Waals surface area (Å²) in [6, 6.07) is 143. The molecule has 23 rings (SSSR count). The molecule has 16 aromatic carbocycles. The molecule has 4 unspecified atom stereocenters. The Morgan fingerprint density at radius 3 is 0.947 bits per heavy atom. The van der Waals surface area contributed by atoms with E-state index in [1.165, 1.54) is 148 Å². The van der Waals surface area contributed by atoms with E-state index in [0.29, 0.717) is 113 Å². The normalized spacial score (nSPS) is 16.1. The third-order valence-corrected chi connectivity index (χ3v) is 33.5. The van der Waals surface area contributed by atoms with Crippen LogP contribution in [0.1, 0.15) is 337 Å². The van der Waals surface area contributed by atoms with Crippen LogP contribution in [0, 0.1) is 47.3 Å². The van der Waals surface area contributed by atoms with E-state index in [1.54, 1.807) is 28.3 Å². The number of para-hydroxylation sites is 2. The smallest absolute Gasteiger partial charge is 0.182 e. The maximum absolute atomic E-state index is 12.6. The summed E-state index contributed by atoms with van der Waals surface area (Å²) in [4.78, 5) is 1.95. The fourth-order valence-electron chi connectivity index (χ4n) is 24.1. The summed E-state index contributed by atoms with van der Waals surface area (Å²) in [6.07, 6.45) is 6.05. The fraction of sp³-hybridized carbons (Fsp3) is 0.329. The Labute approximate surface area is 907 Å². The standard InChI is InChI=1S/C19H22.C18H20O.C18H20.C17H19N.C17H18O2S.C17H18O.C17H18S.C16H18.2C2H6/c1-14(2)19-17-12-5-3-8-15(17)10-7-11-16-9-4-6-13-18(16)19;1-13(2)18-16-9-5-3-7-14(16)11-19-12-15-8-4-6-10-17(15)18;1-13(2)18-16-9-5-3-7-14(16)11-12-15-8-4-6-10-17(15)18;1-12(2)17-14-8-4-3-7-13(14)11-18-16-10-6-5-9-15(16)17;1-12(2)17-14-8-4-3-7-13(14)11-20(18,19)16-10-6-5-9-15(16)17;2*1-12(2)17-14-8-4-3-7-13(14)11-18-16-10-6-5-9-15(16)17;1-13(2)16(14-9-5-3-6-10-14)15-11-7-4-8-12-15;2*1-2/h3-6,8-9,12-14,19H,7,10-11H2,1-2H3;3-10,13,18H,11-12H2,1-2H3;3-10,13,18H,11-12H2,1-2H3;3-10,12,17-18H,11H2,1-2H3;3-10,12,17H,11H2,1-2H3;2*3-10,12,17H,11H2,1-2H3;3-13,16H,1-2H3;2*1-2H3. The number of hydrogen-bond acceptors (Lipinski definition) is 6. The Kier molecular flexibility index (Phi) is 41.7. The van der Waals surface area contributed by atoms with Gasteiger partial charge in [-0.2, -0.15) is 0 Å². The minimum atomic E-state index is -3.26. The molecule has 0 amide bonds. The van der Waals surface area contributed by atoms with Crippen LogP contribution in [0.2, 0.25) is 0 Å². The molecule has 0 bridgehead atoms. The predicted molar refractivity (Wildman–Crippen MR) is 639 cm³/mol. The van der Waals surface area contributed by atoms with Gasteiger partial charge in [-0.15, -0.1) is 11.8 Å². The van der Waals surface area contributed by atoms with Crippen LogP contribution in [-0.4, -0.2) is 8.42 Å². The number of hydrogen-bond donors (Lipinski definition) is 1. The van der Waals surface area contributed by atoms with Gasteiger partial charge in [0.2, 0.25) is 0 Å². The number of benzene rings is 16. The van der Waals surface area contributed by atoms with Crippen LogP contribution in [0.15, 0.2) is 410 Å². The van der Waals surface area contributed by atoms with Gasteiger partial charge in [-0.3, -0.25) is 0 Å². The zero-order valence-electron chi connectivity index (χ0n) is 93.1. The Morgan fingerprint density at radius 2 is 0.527 bits per heavy atom. The third kappa shape index (κ3) is 27.8. The molecule has 0 fully saturated rings. The first-order chi connectivity index (χ1) is 72.9. The monoisotopic (exact) mass is 2020 g/mol. The van der Waals surface area contributed by atoms with E-state index < -0.39 is 9.84 Å². The second-order valence-corrected chi connectivity index (χ2v) is 46.3. The van der Waals surface area contributed by atoms with Gasteiger partial charge in [-0.1, -0.05) is 515 Å². The van der Waals surface area contributed by atoms with E-state index in [9.17, 15) is 8.42 Å². The first-order valence-corrected chi connectivity index (χ1v) is 58.6. The van der Waals surface area contributed by atoms with Crippen molar-refractivity contribution in [3.63, 3.8) is 0 Å². The molecule has 5 heterocycles. The van der Waals surface area contributed by atoms with Gasteiger partial charge in [0.25, 0.3) is 0 Å². The Hall–Kier alpha value is -12.6. The molecule has 4 atom stereocenters. The minimum absolute atomic E-state index is 0.101. The van der Waals surface area contributed by atoms with Gasteiger partial charge in [0, 0.05) is 75.8 Å². The van der Waals surface area contributed by atoms with Gasteiger partial charge in [0.1, 0.15) is 12.4 Å². The molecule has 16 aromatic rings. The number of sulfone groups is 1. The molecule has 7 aliphatic rings. The molecule has 7 heteroatoms. The largest absolute Gasteiger partial charge is 0.489 e. The van der Waals surface area contributed by atoms with Gasteiger partial charge < -0.3 is 14.8 Å².